The molecule has 0 aromatic carbocycles. The first-order valence-electron chi connectivity index (χ1n) is 7.66. The van der Waals surface area contributed by atoms with Gasteiger partial charge in [-0.1, -0.05) is 0 Å². The first-order valence-corrected chi connectivity index (χ1v) is 7.66. The van der Waals surface area contributed by atoms with Gasteiger partial charge in [0.15, 0.2) is 0 Å². The van der Waals surface area contributed by atoms with E-state index in [1.165, 1.54) is 29.5 Å². The first kappa shape index (κ1) is 17.1. The van der Waals surface area contributed by atoms with Crippen LogP contribution in [0.4, 0.5) is 0 Å². The van der Waals surface area contributed by atoms with E-state index in [1.807, 2.05) is 0 Å². The molecule has 3 aromatic rings. The maximum Gasteiger partial charge on any atom is 0.287 e. The molecule has 0 aliphatic rings. The molecule has 0 fully saturated rings. The van der Waals surface area contributed by atoms with Crippen molar-refractivity contribution in [3.63, 3.8) is 0 Å². The zero-order valence-electron chi connectivity index (χ0n) is 13.5. The van der Waals surface area contributed by atoms with E-state index in [4.69, 9.17) is 10.2 Å². The molecule has 2 amide bonds. The predicted molar refractivity (Wildman–Crippen MR) is 89.2 cm³/mol. The molecule has 3 heterocycles. The van der Waals surface area contributed by atoms with Crippen molar-refractivity contribution in [1.82, 2.24) is 20.1 Å². The monoisotopic (exact) mass is 353 g/mol. The molecule has 9 nitrogen and oxygen atoms in total. The van der Waals surface area contributed by atoms with E-state index >= 15 is 0 Å². The molecule has 0 aliphatic heterocycles. The van der Waals surface area contributed by atoms with Gasteiger partial charge in [-0.3, -0.25) is 19.4 Å². The summed E-state index contributed by atoms with van der Waals surface area (Å²) in [4.78, 5) is 39.9. The zero-order valence-corrected chi connectivity index (χ0v) is 13.5. The van der Waals surface area contributed by atoms with E-state index in [2.05, 4.69) is 15.4 Å². The maximum atomic E-state index is 12.7. The summed E-state index contributed by atoms with van der Waals surface area (Å²) in [7, 11) is 0. The van der Waals surface area contributed by atoms with Crippen LogP contribution >= 0.6 is 0 Å². The molecule has 1 atom stereocenters. The number of hydrogen-bond acceptors (Lipinski definition) is 6. The smallest absolute Gasteiger partial charge is 0.287 e. The maximum absolute atomic E-state index is 12.7. The fraction of sp³-hybridized carbons (Fsp3) is 0.118. The first-order chi connectivity index (χ1) is 12.6. The van der Waals surface area contributed by atoms with Crippen molar-refractivity contribution >= 4 is 17.6 Å². The van der Waals surface area contributed by atoms with E-state index in [1.54, 1.807) is 30.6 Å². The van der Waals surface area contributed by atoms with Crippen molar-refractivity contribution in [2.75, 3.05) is 0 Å². The van der Waals surface area contributed by atoms with Crippen LogP contribution in [0.5, 0.6) is 0 Å². The number of furan rings is 1. The van der Waals surface area contributed by atoms with Gasteiger partial charge in [0.05, 0.1) is 24.4 Å². The lowest BCUT2D eigenvalue weighted by Gasteiger charge is -2.16. The van der Waals surface area contributed by atoms with Crippen molar-refractivity contribution in [3.8, 4) is 5.69 Å². The lowest BCUT2D eigenvalue weighted by atomic mass is 10.0. The van der Waals surface area contributed by atoms with Crippen LogP contribution in [0.3, 0.4) is 0 Å². The number of nitrogens with one attached hydrogen (secondary N) is 1. The number of nitrogens with two attached hydrogens (primary N) is 1. The molecular weight excluding hydrogens is 338 g/mol. The number of rotatable bonds is 7. The average Bonchev–Trinajstić information content (AvgIpc) is 3.32. The van der Waals surface area contributed by atoms with Gasteiger partial charge in [0.2, 0.25) is 5.78 Å². The van der Waals surface area contributed by atoms with Gasteiger partial charge in [0.25, 0.3) is 11.8 Å². The Balaban J connectivity index is 1.83. The number of amides is 2. The molecule has 9 heteroatoms. The van der Waals surface area contributed by atoms with Crippen molar-refractivity contribution in [1.29, 1.82) is 0 Å². The number of carbonyl (C=O) groups excluding carboxylic acids is 3. The summed E-state index contributed by atoms with van der Waals surface area (Å²) in [6.07, 6.45) is 7.52. The lowest BCUT2D eigenvalue weighted by Crippen LogP contribution is -2.47. The number of ketones is 1. The van der Waals surface area contributed by atoms with Gasteiger partial charge < -0.3 is 15.5 Å². The fourth-order valence-electron chi connectivity index (χ4n) is 2.42. The number of carbonyl (C=O) groups is 3. The van der Waals surface area contributed by atoms with Crippen LogP contribution in [0.1, 0.15) is 16.1 Å². The normalized spacial score (nSPS) is 11.7. The third kappa shape index (κ3) is 3.66. The van der Waals surface area contributed by atoms with E-state index in [0.29, 0.717) is 11.3 Å². The molecule has 3 rings (SSSR count). The Morgan fingerprint density at radius 1 is 1.15 bits per heavy atom. The van der Waals surface area contributed by atoms with E-state index in [9.17, 15) is 14.4 Å². The van der Waals surface area contributed by atoms with Gasteiger partial charge in [-0.15, -0.1) is 0 Å². The second-order valence-electron chi connectivity index (χ2n) is 5.42. The minimum Gasteiger partial charge on any atom is -0.472 e. The molecule has 1 unspecified atom stereocenters. The molecule has 0 bridgehead atoms. The number of primary amides is 1. The summed E-state index contributed by atoms with van der Waals surface area (Å²) in [5, 5.41) is 6.65. The van der Waals surface area contributed by atoms with Crippen molar-refractivity contribution in [2.45, 2.75) is 12.5 Å². The van der Waals surface area contributed by atoms with Crippen LogP contribution in [0.2, 0.25) is 0 Å². The van der Waals surface area contributed by atoms with Gasteiger partial charge in [0.1, 0.15) is 11.7 Å². The zero-order chi connectivity index (χ0) is 18.5. The quantitative estimate of drug-likeness (QED) is 0.585. The summed E-state index contributed by atoms with van der Waals surface area (Å²) in [5.74, 6) is -2.58. The van der Waals surface area contributed by atoms with Crippen molar-refractivity contribution < 1.29 is 18.8 Å². The average molecular weight is 353 g/mol. The lowest BCUT2D eigenvalue weighted by molar-refractivity contribution is -0.137. The summed E-state index contributed by atoms with van der Waals surface area (Å²) in [5.41, 5.74) is 6.57. The molecule has 3 N–H and O–H groups in total. The van der Waals surface area contributed by atoms with Gasteiger partial charge in [0, 0.05) is 18.8 Å². The molecule has 0 radical (unpaired) electrons. The van der Waals surface area contributed by atoms with Crippen LogP contribution in [0.25, 0.3) is 5.69 Å². The topological polar surface area (TPSA) is 133 Å². The van der Waals surface area contributed by atoms with Gasteiger partial charge in [-0.05, 0) is 29.8 Å². The molecule has 132 valence electrons. The Hall–Kier alpha value is -3.75. The number of nitrogens with zero attached hydrogens (tertiary/aromatic N) is 3. The Kier molecular flexibility index (Phi) is 4.88. The predicted octanol–water partition coefficient (Wildman–Crippen LogP) is 0.256. The standard InChI is InChI=1S/C17H15N5O4/c18-16(24)15(23)13(9-11-4-8-26-10-11)21-17(25)14-3-7-20-22(14)12-1-5-19-6-2-12/h1-8,10,13H,9H2,(H2,18,24)(H,21,25). The molecule has 0 aliphatic carbocycles. The van der Waals surface area contributed by atoms with Crippen LogP contribution in [0, 0.1) is 0 Å². The minimum absolute atomic E-state index is 0.0768. The van der Waals surface area contributed by atoms with Crippen LogP contribution < -0.4 is 11.1 Å². The molecular formula is C17H15N5O4. The van der Waals surface area contributed by atoms with Gasteiger partial charge in [-0.2, -0.15) is 5.10 Å². The number of hydrogen-bond donors (Lipinski definition) is 2. The summed E-state index contributed by atoms with van der Waals surface area (Å²) in [6.45, 7) is 0. The molecule has 0 saturated heterocycles. The minimum atomic E-state index is -1.12. The Morgan fingerprint density at radius 2 is 1.92 bits per heavy atom. The van der Waals surface area contributed by atoms with Crippen LogP contribution in [0.15, 0.2) is 59.8 Å². The summed E-state index contributed by atoms with van der Waals surface area (Å²) < 4.78 is 6.35. The number of Topliss-reactive ketones (excluding diaryl/α,β-unsaturated/α-hetero) is 1. The van der Waals surface area contributed by atoms with E-state index in [-0.39, 0.29) is 12.1 Å². The Morgan fingerprint density at radius 3 is 2.58 bits per heavy atom. The Bertz CT molecular complexity index is 918. The van der Waals surface area contributed by atoms with Crippen LogP contribution in [-0.2, 0) is 16.0 Å². The number of pyridine rings is 1. The Labute approximate surface area is 147 Å². The highest BCUT2D eigenvalue weighted by molar-refractivity contribution is 6.38. The van der Waals surface area contributed by atoms with Gasteiger partial charge in [-0.25, -0.2) is 4.68 Å². The third-order valence-electron chi connectivity index (χ3n) is 3.67. The summed E-state index contributed by atoms with van der Waals surface area (Å²) in [6, 6.07) is 5.38. The molecule has 0 saturated carbocycles. The van der Waals surface area contributed by atoms with E-state index in [0.717, 1.165) is 0 Å². The highest BCUT2D eigenvalue weighted by atomic mass is 16.3. The largest absolute Gasteiger partial charge is 0.472 e. The molecule has 26 heavy (non-hydrogen) atoms. The van der Waals surface area contributed by atoms with Crippen molar-refractivity contribution in [3.05, 3.63) is 66.6 Å². The SMILES string of the molecule is NC(=O)C(=O)C(Cc1ccoc1)NC(=O)c1ccnn1-c1ccncc1. The highest BCUT2D eigenvalue weighted by Crippen LogP contribution is 2.11. The second kappa shape index (κ2) is 7.43. The highest BCUT2D eigenvalue weighted by Gasteiger charge is 2.27. The third-order valence-corrected chi connectivity index (χ3v) is 3.67. The molecule has 0 spiro atoms. The van der Waals surface area contributed by atoms with Gasteiger partial charge >= 0.3 is 0 Å². The fourth-order valence-corrected chi connectivity index (χ4v) is 2.42. The van der Waals surface area contributed by atoms with Crippen LogP contribution in [-0.4, -0.2) is 38.4 Å². The number of aromatic nitrogens is 3. The van der Waals surface area contributed by atoms with E-state index < -0.39 is 23.6 Å². The molecule has 3 aromatic heterocycles. The summed E-state index contributed by atoms with van der Waals surface area (Å²) >= 11 is 0. The van der Waals surface area contributed by atoms with Crippen molar-refractivity contribution in [2.24, 2.45) is 5.73 Å². The second-order valence-corrected chi connectivity index (χ2v) is 5.42.